The van der Waals surface area contributed by atoms with Crippen LogP contribution < -0.4 is 0 Å². The number of hydrogen-bond acceptors (Lipinski definition) is 3. The molecule has 1 fully saturated rings. The molecule has 1 aliphatic heterocycles. The van der Waals surface area contributed by atoms with Gasteiger partial charge in [-0.2, -0.15) is 0 Å². The Morgan fingerprint density at radius 3 is 2.47 bits per heavy atom. The van der Waals surface area contributed by atoms with E-state index in [1.54, 1.807) is 0 Å². The summed E-state index contributed by atoms with van der Waals surface area (Å²) < 4.78 is 0. The highest BCUT2D eigenvalue weighted by Gasteiger charge is 2.20. The zero-order chi connectivity index (χ0) is 13.2. The monoisotopic (exact) mass is 275 g/mol. The maximum absolute atomic E-state index is 12.1. The lowest BCUT2D eigenvalue weighted by Gasteiger charge is -2.15. The fraction of sp³-hybridized carbons (Fsp3) is 0.357. The molecule has 2 aromatic rings. The highest BCUT2D eigenvalue weighted by molar-refractivity contribution is 6.30. The summed E-state index contributed by atoms with van der Waals surface area (Å²) in [7, 11) is 0. The zero-order valence-corrected chi connectivity index (χ0v) is 11.2. The van der Waals surface area contributed by atoms with Crippen LogP contribution in [0.3, 0.4) is 0 Å². The molecule has 5 heteroatoms. The van der Waals surface area contributed by atoms with E-state index in [0.29, 0.717) is 10.8 Å². The molecule has 3 rings (SSSR count). The van der Waals surface area contributed by atoms with Crippen molar-refractivity contribution >= 4 is 28.5 Å². The number of rotatable bonds is 2. The van der Waals surface area contributed by atoms with Crippen LogP contribution >= 0.6 is 11.6 Å². The van der Waals surface area contributed by atoms with Gasteiger partial charge in [0, 0.05) is 13.1 Å². The molecule has 1 saturated heterocycles. The first kappa shape index (κ1) is 12.4. The molecule has 0 spiro atoms. The van der Waals surface area contributed by atoms with E-state index >= 15 is 0 Å². The van der Waals surface area contributed by atoms with Crippen LogP contribution in [0.5, 0.6) is 0 Å². The van der Waals surface area contributed by atoms with Gasteiger partial charge in [-0.15, -0.1) is 0 Å². The first-order valence-electron chi connectivity index (χ1n) is 6.43. The van der Waals surface area contributed by atoms with Crippen molar-refractivity contribution in [2.75, 3.05) is 13.1 Å². The van der Waals surface area contributed by atoms with Gasteiger partial charge in [0.25, 0.3) is 0 Å². The minimum atomic E-state index is 0.0870. The van der Waals surface area contributed by atoms with Gasteiger partial charge in [-0.25, -0.2) is 9.97 Å². The molecule has 98 valence electrons. The molecule has 0 N–H and O–H groups in total. The molecule has 0 aliphatic carbocycles. The number of amides is 1. The lowest BCUT2D eigenvalue weighted by molar-refractivity contribution is -0.129. The van der Waals surface area contributed by atoms with Crippen molar-refractivity contribution in [2.45, 2.75) is 19.3 Å². The van der Waals surface area contributed by atoms with Crippen LogP contribution in [0.1, 0.15) is 18.5 Å². The fourth-order valence-electron chi connectivity index (χ4n) is 2.35. The molecule has 1 aromatic heterocycles. The summed E-state index contributed by atoms with van der Waals surface area (Å²) in [5, 5.41) is 0.325. The van der Waals surface area contributed by atoms with Crippen molar-refractivity contribution < 1.29 is 4.79 Å². The van der Waals surface area contributed by atoms with Gasteiger partial charge in [-0.3, -0.25) is 4.79 Å². The summed E-state index contributed by atoms with van der Waals surface area (Å²) in [6, 6.07) is 7.53. The molecule has 0 saturated carbocycles. The van der Waals surface area contributed by atoms with Crippen LogP contribution in [-0.2, 0) is 11.2 Å². The van der Waals surface area contributed by atoms with Crippen LogP contribution in [0.4, 0.5) is 0 Å². The Hall–Kier alpha value is -1.68. The molecule has 4 nitrogen and oxygen atoms in total. The molecular weight excluding hydrogens is 262 g/mol. The molecule has 0 atom stereocenters. The number of benzene rings is 1. The number of para-hydroxylation sites is 2. The number of aromatic nitrogens is 2. The van der Waals surface area contributed by atoms with E-state index in [9.17, 15) is 4.79 Å². The predicted molar refractivity (Wildman–Crippen MR) is 74.1 cm³/mol. The summed E-state index contributed by atoms with van der Waals surface area (Å²) in [5.41, 5.74) is 2.10. The summed E-state index contributed by atoms with van der Waals surface area (Å²) in [4.78, 5) is 22.7. The van der Waals surface area contributed by atoms with Gasteiger partial charge < -0.3 is 4.90 Å². The summed E-state index contributed by atoms with van der Waals surface area (Å²) >= 11 is 6.11. The second-order valence-corrected chi connectivity index (χ2v) is 5.07. The molecule has 0 radical (unpaired) electrons. The van der Waals surface area contributed by atoms with E-state index in [-0.39, 0.29) is 12.3 Å². The normalized spacial score (nSPS) is 15.1. The van der Waals surface area contributed by atoms with E-state index in [1.807, 2.05) is 29.2 Å². The molecule has 1 amide bonds. The van der Waals surface area contributed by atoms with Crippen molar-refractivity contribution in [3.63, 3.8) is 0 Å². The zero-order valence-electron chi connectivity index (χ0n) is 10.5. The second-order valence-electron chi connectivity index (χ2n) is 4.71. The highest BCUT2D eigenvalue weighted by atomic mass is 35.5. The van der Waals surface area contributed by atoms with Gasteiger partial charge in [-0.1, -0.05) is 23.7 Å². The van der Waals surface area contributed by atoms with E-state index in [2.05, 4.69) is 9.97 Å². The van der Waals surface area contributed by atoms with Crippen LogP contribution in [0.2, 0.25) is 5.15 Å². The third kappa shape index (κ3) is 2.54. The number of carbonyl (C=O) groups is 1. The summed E-state index contributed by atoms with van der Waals surface area (Å²) in [6.07, 6.45) is 2.41. The quantitative estimate of drug-likeness (QED) is 0.846. The smallest absolute Gasteiger partial charge is 0.228 e. The van der Waals surface area contributed by atoms with Crippen molar-refractivity contribution in [3.8, 4) is 0 Å². The Balaban J connectivity index is 1.87. The Morgan fingerprint density at radius 2 is 1.79 bits per heavy atom. The number of hydrogen-bond donors (Lipinski definition) is 0. The Bertz CT molecular complexity index is 623. The van der Waals surface area contributed by atoms with Crippen LogP contribution in [0.25, 0.3) is 11.0 Å². The first-order valence-corrected chi connectivity index (χ1v) is 6.81. The molecule has 1 aromatic carbocycles. The molecular formula is C14H14ClN3O. The first-order chi connectivity index (χ1) is 9.24. The number of carbonyl (C=O) groups excluding carboxylic acids is 1. The number of fused-ring (bicyclic) bond motifs is 1. The highest BCUT2D eigenvalue weighted by Crippen LogP contribution is 2.18. The van der Waals surface area contributed by atoms with Crippen molar-refractivity contribution in [3.05, 3.63) is 35.1 Å². The maximum atomic E-state index is 12.1. The number of nitrogens with zero attached hydrogens (tertiary/aromatic N) is 3. The van der Waals surface area contributed by atoms with Gasteiger partial charge in [0.05, 0.1) is 23.1 Å². The predicted octanol–water partition coefficient (Wildman–Crippen LogP) is 2.45. The summed E-state index contributed by atoms with van der Waals surface area (Å²) in [5.74, 6) is 0.0870. The molecule has 2 heterocycles. The second kappa shape index (κ2) is 5.13. The van der Waals surface area contributed by atoms with Crippen LogP contribution in [0, 0.1) is 0 Å². The average molecular weight is 276 g/mol. The molecule has 1 aliphatic rings. The van der Waals surface area contributed by atoms with E-state index in [4.69, 9.17) is 11.6 Å². The lowest BCUT2D eigenvalue weighted by Crippen LogP contribution is -2.29. The number of halogens is 1. The standard InChI is InChI=1S/C14H14ClN3O/c15-14-12(9-13(19)18-7-3-4-8-18)16-10-5-1-2-6-11(10)17-14/h1-2,5-6H,3-4,7-9H2. The molecule has 19 heavy (non-hydrogen) atoms. The van der Waals surface area contributed by atoms with Crippen molar-refractivity contribution in [2.24, 2.45) is 0 Å². The van der Waals surface area contributed by atoms with E-state index < -0.39 is 0 Å². The summed E-state index contributed by atoms with van der Waals surface area (Å²) in [6.45, 7) is 1.69. The van der Waals surface area contributed by atoms with Gasteiger partial charge in [0.15, 0.2) is 5.15 Å². The maximum Gasteiger partial charge on any atom is 0.228 e. The Labute approximate surface area is 116 Å². The van der Waals surface area contributed by atoms with Crippen molar-refractivity contribution in [1.29, 1.82) is 0 Å². The largest absolute Gasteiger partial charge is 0.342 e. The van der Waals surface area contributed by atoms with Gasteiger partial charge in [-0.05, 0) is 25.0 Å². The van der Waals surface area contributed by atoms with Crippen molar-refractivity contribution in [1.82, 2.24) is 14.9 Å². The molecule has 0 unspecified atom stereocenters. The van der Waals surface area contributed by atoms with Gasteiger partial charge in [0.1, 0.15) is 0 Å². The minimum absolute atomic E-state index is 0.0870. The Morgan fingerprint density at radius 1 is 1.16 bits per heavy atom. The van der Waals surface area contributed by atoms with Gasteiger partial charge >= 0.3 is 0 Å². The van der Waals surface area contributed by atoms with Crippen LogP contribution in [0.15, 0.2) is 24.3 Å². The fourth-order valence-corrected chi connectivity index (χ4v) is 2.55. The average Bonchev–Trinajstić information content (AvgIpc) is 2.93. The van der Waals surface area contributed by atoms with E-state index in [1.165, 1.54) is 0 Å². The Kier molecular flexibility index (Phi) is 3.34. The topological polar surface area (TPSA) is 46.1 Å². The van der Waals surface area contributed by atoms with Crippen LogP contribution in [-0.4, -0.2) is 33.9 Å². The minimum Gasteiger partial charge on any atom is -0.342 e. The lowest BCUT2D eigenvalue weighted by atomic mass is 10.2. The third-order valence-corrected chi connectivity index (χ3v) is 3.67. The SMILES string of the molecule is O=C(Cc1nc2ccccc2nc1Cl)N1CCCC1. The number of likely N-dealkylation sites (tertiary alicyclic amines) is 1. The van der Waals surface area contributed by atoms with Gasteiger partial charge in [0.2, 0.25) is 5.91 Å². The van der Waals surface area contributed by atoms with E-state index in [0.717, 1.165) is 37.0 Å². The third-order valence-electron chi connectivity index (χ3n) is 3.37. The molecule has 0 bridgehead atoms.